The maximum absolute atomic E-state index is 12.1. The highest BCUT2D eigenvalue weighted by molar-refractivity contribution is 7.99. The van der Waals surface area contributed by atoms with Crippen molar-refractivity contribution in [3.05, 3.63) is 63.1 Å². The largest absolute Gasteiger partial charge is 0.351 e. The molecule has 1 aromatic heterocycles. The van der Waals surface area contributed by atoms with Crippen LogP contribution in [0.5, 0.6) is 0 Å². The molecule has 0 aliphatic carbocycles. The van der Waals surface area contributed by atoms with Crippen molar-refractivity contribution in [2.45, 2.75) is 11.7 Å². The first-order valence-electron chi connectivity index (χ1n) is 7.93. The summed E-state index contributed by atoms with van der Waals surface area (Å²) < 4.78 is 1.82. The highest BCUT2D eigenvalue weighted by Crippen LogP contribution is 2.29. The monoisotopic (exact) mass is 440 g/mol. The standard InChI is InChI=1S/C18H15Cl3N4OS/c1-25-17(12-4-7-14(20)15(21)8-12)23-24-18(25)27-10-16(26)22-9-11-2-5-13(19)6-3-11/h2-8H,9-10H2,1H3,(H,22,26). The molecule has 0 bridgehead atoms. The van der Waals surface area contributed by atoms with Gasteiger partial charge >= 0.3 is 0 Å². The SMILES string of the molecule is Cn1c(SCC(=O)NCc2ccc(Cl)cc2)nnc1-c1ccc(Cl)c(Cl)c1. The molecule has 3 aromatic rings. The average molecular weight is 442 g/mol. The lowest BCUT2D eigenvalue weighted by Gasteiger charge is -2.06. The van der Waals surface area contributed by atoms with Crippen molar-refractivity contribution in [3.63, 3.8) is 0 Å². The molecule has 1 N–H and O–H groups in total. The number of benzene rings is 2. The molecule has 0 saturated carbocycles. The molecule has 9 heteroatoms. The van der Waals surface area contributed by atoms with Crippen molar-refractivity contribution in [2.24, 2.45) is 7.05 Å². The van der Waals surface area contributed by atoms with Gasteiger partial charge in [0.1, 0.15) is 0 Å². The molecule has 27 heavy (non-hydrogen) atoms. The average Bonchev–Trinajstić information content (AvgIpc) is 3.02. The zero-order chi connectivity index (χ0) is 19.4. The summed E-state index contributed by atoms with van der Waals surface area (Å²) in [7, 11) is 1.84. The first-order valence-corrected chi connectivity index (χ1v) is 10.0. The van der Waals surface area contributed by atoms with Crippen molar-refractivity contribution in [1.29, 1.82) is 0 Å². The molecule has 140 valence electrons. The van der Waals surface area contributed by atoms with Gasteiger partial charge in [-0.2, -0.15) is 0 Å². The molecule has 0 atom stereocenters. The van der Waals surface area contributed by atoms with Crippen molar-refractivity contribution < 1.29 is 4.79 Å². The Balaban J connectivity index is 1.58. The van der Waals surface area contributed by atoms with Gasteiger partial charge in [0.25, 0.3) is 0 Å². The van der Waals surface area contributed by atoms with Gasteiger partial charge in [0, 0.05) is 24.2 Å². The second kappa shape index (κ2) is 8.97. The highest BCUT2D eigenvalue weighted by Gasteiger charge is 2.14. The predicted octanol–water partition coefficient (Wildman–Crippen LogP) is 4.85. The fraction of sp³-hybridized carbons (Fsp3) is 0.167. The molecule has 0 unspecified atom stereocenters. The molecule has 1 heterocycles. The van der Waals surface area contributed by atoms with Crippen LogP contribution in [0.2, 0.25) is 15.1 Å². The molecule has 2 aromatic carbocycles. The zero-order valence-corrected chi connectivity index (χ0v) is 17.3. The number of amides is 1. The number of carbonyl (C=O) groups is 1. The van der Waals surface area contributed by atoms with E-state index in [4.69, 9.17) is 34.8 Å². The number of thioether (sulfide) groups is 1. The topological polar surface area (TPSA) is 59.8 Å². The van der Waals surface area contributed by atoms with E-state index in [1.54, 1.807) is 24.3 Å². The van der Waals surface area contributed by atoms with E-state index < -0.39 is 0 Å². The summed E-state index contributed by atoms with van der Waals surface area (Å²) in [6.45, 7) is 0.448. The van der Waals surface area contributed by atoms with E-state index in [1.807, 2.05) is 29.8 Å². The molecule has 1 amide bonds. The maximum Gasteiger partial charge on any atom is 0.230 e. The molecule has 0 aliphatic heterocycles. The summed E-state index contributed by atoms with van der Waals surface area (Å²) >= 11 is 19.2. The van der Waals surface area contributed by atoms with Gasteiger partial charge in [0.2, 0.25) is 5.91 Å². The van der Waals surface area contributed by atoms with Gasteiger partial charge in [0.05, 0.1) is 15.8 Å². The summed E-state index contributed by atoms with van der Waals surface area (Å²) in [6, 6.07) is 12.6. The Morgan fingerprint density at radius 2 is 1.81 bits per heavy atom. The Hall–Kier alpha value is -1.73. The first kappa shape index (κ1) is 20.0. The number of hydrogen-bond donors (Lipinski definition) is 1. The second-order valence-corrected chi connectivity index (χ2v) is 7.88. The normalized spacial score (nSPS) is 10.8. The zero-order valence-electron chi connectivity index (χ0n) is 14.2. The van der Waals surface area contributed by atoms with Gasteiger partial charge in [-0.25, -0.2) is 0 Å². The van der Waals surface area contributed by atoms with Gasteiger partial charge in [-0.3, -0.25) is 4.79 Å². The first-order chi connectivity index (χ1) is 12.9. The molecule has 0 fully saturated rings. The van der Waals surface area contributed by atoms with Crippen LogP contribution in [-0.4, -0.2) is 26.4 Å². The minimum atomic E-state index is -0.0889. The van der Waals surface area contributed by atoms with Crippen molar-refractivity contribution in [2.75, 3.05) is 5.75 Å². The van der Waals surface area contributed by atoms with E-state index in [-0.39, 0.29) is 11.7 Å². The molecule has 3 rings (SSSR count). The second-order valence-electron chi connectivity index (χ2n) is 5.69. The van der Waals surface area contributed by atoms with Crippen LogP contribution in [-0.2, 0) is 18.4 Å². The van der Waals surface area contributed by atoms with Gasteiger partial charge in [-0.1, -0.05) is 58.7 Å². The van der Waals surface area contributed by atoms with Crippen LogP contribution in [0.1, 0.15) is 5.56 Å². The highest BCUT2D eigenvalue weighted by atomic mass is 35.5. The van der Waals surface area contributed by atoms with Crippen LogP contribution in [0.4, 0.5) is 0 Å². The number of nitrogens with one attached hydrogen (secondary N) is 1. The van der Waals surface area contributed by atoms with Crippen LogP contribution >= 0.6 is 46.6 Å². The Labute approximate surface area is 176 Å². The number of halogens is 3. The minimum absolute atomic E-state index is 0.0889. The molecular weight excluding hydrogens is 427 g/mol. The van der Waals surface area contributed by atoms with E-state index in [0.29, 0.717) is 32.6 Å². The summed E-state index contributed by atoms with van der Waals surface area (Å²) in [5, 5.41) is 13.4. The third-order valence-corrected chi connectivity index (χ3v) is 5.76. The predicted molar refractivity (Wildman–Crippen MR) is 110 cm³/mol. The molecule has 0 radical (unpaired) electrons. The van der Waals surface area contributed by atoms with Crippen LogP contribution in [0, 0.1) is 0 Å². The van der Waals surface area contributed by atoms with Crippen LogP contribution in [0.15, 0.2) is 47.6 Å². The smallest absolute Gasteiger partial charge is 0.230 e. The minimum Gasteiger partial charge on any atom is -0.351 e. The van der Waals surface area contributed by atoms with Crippen LogP contribution in [0.25, 0.3) is 11.4 Å². The summed E-state index contributed by atoms with van der Waals surface area (Å²) in [5.74, 6) is 0.799. The third-order valence-electron chi connectivity index (χ3n) is 3.75. The number of hydrogen-bond acceptors (Lipinski definition) is 4. The van der Waals surface area contributed by atoms with E-state index >= 15 is 0 Å². The maximum atomic E-state index is 12.1. The Bertz CT molecular complexity index is 960. The van der Waals surface area contributed by atoms with Gasteiger partial charge in [-0.05, 0) is 35.9 Å². The molecule has 0 spiro atoms. The lowest BCUT2D eigenvalue weighted by atomic mass is 10.2. The van der Waals surface area contributed by atoms with Crippen LogP contribution in [0.3, 0.4) is 0 Å². The lowest BCUT2D eigenvalue weighted by Crippen LogP contribution is -2.24. The summed E-state index contributed by atoms with van der Waals surface area (Å²) in [4.78, 5) is 12.1. The van der Waals surface area contributed by atoms with E-state index in [0.717, 1.165) is 11.1 Å². The molecule has 0 aliphatic rings. The number of carbonyl (C=O) groups excluding carboxylic acids is 1. The number of rotatable bonds is 6. The van der Waals surface area contributed by atoms with Crippen molar-refractivity contribution in [1.82, 2.24) is 20.1 Å². The van der Waals surface area contributed by atoms with Gasteiger partial charge < -0.3 is 9.88 Å². The van der Waals surface area contributed by atoms with Crippen molar-refractivity contribution in [3.8, 4) is 11.4 Å². The Morgan fingerprint density at radius 1 is 1.07 bits per heavy atom. The lowest BCUT2D eigenvalue weighted by molar-refractivity contribution is -0.118. The quantitative estimate of drug-likeness (QED) is 0.555. The molecule has 5 nitrogen and oxygen atoms in total. The summed E-state index contributed by atoms with van der Waals surface area (Å²) in [6.07, 6.45) is 0. The third kappa shape index (κ3) is 5.17. The van der Waals surface area contributed by atoms with E-state index in [9.17, 15) is 4.79 Å². The van der Waals surface area contributed by atoms with Gasteiger partial charge in [0.15, 0.2) is 11.0 Å². The van der Waals surface area contributed by atoms with Crippen LogP contribution < -0.4 is 5.32 Å². The van der Waals surface area contributed by atoms with E-state index in [1.165, 1.54) is 11.8 Å². The Kier molecular flexibility index (Phi) is 6.65. The van der Waals surface area contributed by atoms with E-state index in [2.05, 4.69) is 15.5 Å². The fourth-order valence-corrected chi connectivity index (χ4v) is 3.48. The summed E-state index contributed by atoms with van der Waals surface area (Å²) in [5.41, 5.74) is 1.79. The molecular formula is C18H15Cl3N4OS. The fourth-order valence-electron chi connectivity index (χ4n) is 2.31. The Morgan fingerprint density at radius 3 is 2.52 bits per heavy atom. The number of nitrogens with zero attached hydrogens (tertiary/aromatic N) is 3. The molecule has 0 saturated heterocycles. The van der Waals surface area contributed by atoms with Crippen molar-refractivity contribution >= 4 is 52.5 Å². The number of aromatic nitrogens is 3. The van der Waals surface area contributed by atoms with Gasteiger partial charge in [-0.15, -0.1) is 10.2 Å².